The Kier molecular flexibility index (Phi) is 3.62. The molecule has 1 saturated heterocycles. The van der Waals surface area contributed by atoms with Crippen LogP contribution in [0.4, 0.5) is 17.6 Å². The Hall–Kier alpha value is -1.08. The van der Waals surface area contributed by atoms with Gasteiger partial charge >= 0.3 is 13.3 Å². The normalized spacial score (nSPS) is 29.0. The number of alkyl halides is 3. The van der Waals surface area contributed by atoms with E-state index in [1.54, 1.807) is 0 Å². The van der Waals surface area contributed by atoms with Crippen LogP contribution >= 0.6 is 0 Å². The Balaban J connectivity index is 1.75. The van der Waals surface area contributed by atoms with Crippen molar-refractivity contribution < 1.29 is 26.9 Å². The van der Waals surface area contributed by atoms with Crippen molar-refractivity contribution in [2.75, 3.05) is 0 Å². The molecule has 0 unspecified atom stereocenters. The van der Waals surface area contributed by atoms with E-state index in [4.69, 9.17) is 9.31 Å². The molecule has 1 saturated carbocycles. The lowest BCUT2D eigenvalue weighted by Gasteiger charge is -2.32. The van der Waals surface area contributed by atoms with Crippen LogP contribution in [-0.2, 0) is 15.5 Å². The van der Waals surface area contributed by atoms with Gasteiger partial charge in [0.2, 0.25) is 0 Å². The van der Waals surface area contributed by atoms with Crippen LogP contribution in [0.5, 0.6) is 0 Å². The number of hydrogen-bond donors (Lipinski definition) is 0. The van der Waals surface area contributed by atoms with E-state index in [9.17, 15) is 17.6 Å². The second kappa shape index (κ2) is 4.96. The van der Waals surface area contributed by atoms with Crippen LogP contribution in [-0.4, -0.2) is 18.3 Å². The molecule has 0 spiro atoms. The fourth-order valence-corrected chi connectivity index (χ4v) is 2.94. The molecular weight excluding hydrogens is 311 g/mol. The van der Waals surface area contributed by atoms with Gasteiger partial charge in [-0.3, -0.25) is 0 Å². The fraction of sp³-hybridized carbons (Fsp3) is 0.625. The van der Waals surface area contributed by atoms with Gasteiger partial charge < -0.3 is 9.31 Å². The first-order valence-electron chi connectivity index (χ1n) is 7.65. The minimum Gasteiger partial charge on any atom is -0.403 e. The smallest absolute Gasteiger partial charge is 0.403 e. The van der Waals surface area contributed by atoms with Crippen molar-refractivity contribution in [1.82, 2.24) is 0 Å². The van der Waals surface area contributed by atoms with Gasteiger partial charge in [0.05, 0.1) is 16.8 Å². The lowest BCUT2D eigenvalue weighted by molar-refractivity contribution is -0.137. The highest BCUT2D eigenvalue weighted by Gasteiger charge is 2.60. The molecular formula is C16H19BF4O2. The van der Waals surface area contributed by atoms with Crippen LogP contribution in [0.25, 0.3) is 0 Å². The van der Waals surface area contributed by atoms with Crippen molar-refractivity contribution in [2.45, 2.75) is 63.2 Å². The minimum atomic E-state index is -4.53. The zero-order valence-electron chi connectivity index (χ0n) is 13.5. The van der Waals surface area contributed by atoms with Gasteiger partial charge in [0.25, 0.3) is 0 Å². The molecule has 23 heavy (non-hydrogen) atoms. The van der Waals surface area contributed by atoms with E-state index < -0.39 is 35.9 Å². The number of rotatable bonds is 2. The summed E-state index contributed by atoms with van der Waals surface area (Å²) in [6.45, 7) is 7.73. The van der Waals surface area contributed by atoms with Gasteiger partial charge in [-0.1, -0.05) is 6.07 Å². The molecule has 0 bridgehead atoms. The van der Waals surface area contributed by atoms with Crippen molar-refractivity contribution in [1.29, 1.82) is 0 Å². The summed E-state index contributed by atoms with van der Waals surface area (Å²) < 4.78 is 63.7. The third kappa shape index (κ3) is 2.89. The van der Waals surface area contributed by atoms with Crippen LogP contribution < -0.4 is 0 Å². The van der Waals surface area contributed by atoms with E-state index in [2.05, 4.69) is 0 Å². The summed E-state index contributed by atoms with van der Waals surface area (Å²) in [5.41, 5.74) is -1.60. The molecule has 0 aromatic heterocycles. The standard InChI is InChI=1S/C16H19BF4O2/c1-14(2)15(3,4)23-17(22-14)12-8-11(12)10-6-5-9(7-13(10)18)16(19,20)21/h5-7,11-12H,8H2,1-4H3/t11-,12+/m1/s1. The first-order chi connectivity index (χ1) is 10.4. The van der Waals surface area contributed by atoms with Gasteiger partial charge in [0.15, 0.2) is 0 Å². The zero-order chi connectivity index (χ0) is 17.2. The molecule has 0 amide bonds. The van der Waals surface area contributed by atoms with Crippen molar-refractivity contribution in [3.05, 3.63) is 35.1 Å². The highest BCUT2D eigenvalue weighted by atomic mass is 19.4. The molecule has 126 valence electrons. The number of hydrogen-bond acceptors (Lipinski definition) is 2. The molecule has 1 aliphatic heterocycles. The third-order valence-corrected chi connectivity index (χ3v) is 5.19. The zero-order valence-corrected chi connectivity index (χ0v) is 13.5. The van der Waals surface area contributed by atoms with Gasteiger partial charge in [-0.15, -0.1) is 0 Å². The Labute approximate surface area is 133 Å². The van der Waals surface area contributed by atoms with Gasteiger partial charge in [-0.05, 0) is 57.7 Å². The van der Waals surface area contributed by atoms with E-state index in [1.165, 1.54) is 6.07 Å². The summed E-state index contributed by atoms with van der Waals surface area (Å²) in [5.74, 6) is -1.00. The van der Waals surface area contributed by atoms with Gasteiger partial charge in [0.1, 0.15) is 5.82 Å². The topological polar surface area (TPSA) is 18.5 Å². The maximum atomic E-state index is 14.1. The largest absolute Gasteiger partial charge is 0.461 e. The van der Waals surface area contributed by atoms with E-state index >= 15 is 0 Å². The van der Waals surface area contributed by atoms with Crippen molar-refractivity contribution in [3.8, 4) is 0 Å². The Morgan fingerprint density at radius 1 is 1.09 bits per heavy atom. The Morgan fingerprint density at radius 2 is 1.65 bits per heavy atom. The lowest BCUT2D eigenvalue weighted by Crippen LogP contribution is -2.41. The highest BCUT2D eigenvalue weighted by Crippen LogP contribution is 2.58. The molecule has 1 aromatic rings. The van der Waals surface area contributed by atoms with Crippen molar-refractivity contribution >= 4 is 7.12 Å². The summed E-state index contributed by atoms with van der Waals surface area (Å²) in [7, 11) is -0.452. The highest BCUT2D eigenvalue weighted by molar-refractivity contribution is 6.49. The summed E-state index contributed by atoms with van der Waals surface area (Å²) in [6, 6.07) is 2.72. The molecule has 2 fully saturated rings. The second-order valence-corrected chi connectivity index (χ2v) is 7.36. The molecule has 7 heteroatoms. The summed E-state index contributed by atoms with van der Waals surface area (Å²) >= 11 is 0. The average molecular weight is 330 g/mol. The van der Waals surface area contributed by atoms with Crippen LogP contribution in [0.3, 0.4) is 0 Å². The molecule has 3 rings (SSSR count). The second-order valence-electron chi connectivity index (χ2n) is 7.36. The molecule has 2 aliphatic rings. The molecule has 0 N–H and O–H groups in total. The predicted octanol–water partition coefficient (Wildman–Crippen LogP) is 4.79. The van der Waals surface area contributed by atoms with Crippen LogP contribution in [0.1, 0.15) is 51.2 Å². The monoisotopic (exact) mass is 330 g/mol. The molecule has 1 heterocycles. The summed E-state index contributed by atoms with van der Waals surface area (Å²) in [5, 5.41) is 0. The molecule has 2 nitrogen and oxygen atoms in total. The lowest BCUT2D eigenvalue weighted by atomic mass is 9.79. The molecule has 0 radical (unpaired) electrons. The number of halogens is 4. The fourth-order valence-electron chi connectivity index (χ4n) is 2.94. The minimum absolute atomic E-state index is 0.0257. The predicted molar refractivity (Wildman–Crippen MR) is 78.6 cm³/mol. The Bertz CT molecular complexity index is 611. The number of benzene rings is 1. The van der Waals surface area contributed by atoms with Crippen LogP contribution in [0, 0.1) is 5.82 Å². The van der Waals surface area contributed by atoms with Crippen molar-refractivity contribution in [2.24, 2.45) is 0 Å². The van der Waals surface area contributed by atoms with Crippen LogP contribution in [0.15, 0.2) is 18.2 Å². The van der Waals surface area contributed by atoms with Gasteiger partial charge in [-0.2, -0.15) is 13.2 Å². The SMILES string of the molecule is CC1(C)OB([C@H]2C[C@@H]2c2ccc(C(F)(F)F)cc2F)OC1(C)C. The first kappa shape index (κ1) is 16.8. The van der Waals surface area contributed by atoms with Crippen LogP contribution in [0.2, 0.25) is 5.82 Å². The maximum absolute atomic E-state index is 14.1. The van der Waals surface area contributed by atoms with E-state index in [0.29, 0.717) is 18.1 Å². The molecule has 2 atom stereocenters. The van der Waals surface area contributed by atoms with E-state index in [1.807, 2.05) is 27.7 Å². The third-order valence-electron chi connectivity index (χ3n) is 5.19. The summed E-state index contributed by atoms with van der Waals surface area (Å²) in [6.07, 6.45) is -3.88. The van der Waals surface area contributed by atoms with Gasteiger partial charge in [0, 0.05) is 5.82 Å². The van der Waals surface area contributed by atoms with E-state index in [0.717, 1.165) is 6.07 Å². The first-order valence-corrected chi connectivity index (χ1v) is 7.65. The summed E-state index contributed by atoms with van der Waals surface area (Å²) in [4.78, 5) is 0. The quantitative estimate of drug-likeness (QED) is 0.573. The maximum Gasteiger partial charge on any atom is 0.461 e. The molecule has 1 aliphatic carbocycles. The van der Waals surface area contributed by atoms with Gasteiger partial charge in [-0.25, -0.2) is 4.39 Å². The average Bonchev–Trinajstić information content (AvgIpc) is 3.11. The van der Waals surface area contributed by atoms with Crippen molar-refractivity contribution in [3.63, 3.8) is 0 Å². The Morgan fingerprint density at radius 3 is 2.13 bits per heavy atom. The molecule has 1 aromatic carbocycles. The van der Waals surface area contributed by atoms with E-state index in [-0.39, 0.29) is 11.7 Å².